The molecule has 0 aliphatic heterocycles. The van der Waals surface area contributed by atoms with E-state index in [1.165, 1.54) is 51.4 Å². The maximum absolute atomic E-state index is 14.1. The first-order valence-corrected chi connectivity index (χ1v) is 28.6. The zero-order valence-electron chi connectivity index (χ0n) is 39.0. The van der Waals surface area contributed by atoms with Gasteiger partial charge >= 0.3 is 15.2 Å². The molecule has 3 unspecified atom stereocenters. The first kappa shape index (κ1) is 54.3. The molecule has 0 saturated heterocycles. The maximum Gasteiger partial charge on any atom is 0.379 e. The van der Waals surface area contributed by atoms with E-state index in [1.54, 1.807) is 24.3 Å². The molecular formula is C52H75O10P2S-. The SMILES string of the molecule is Cc1ccc(COP(=O)(O)CCCCCCCCCCCCOc2ccc(OP(=O)(CCCCCCCCCCCCOc3ccc(S(=O)[O-])cc3)OCc3ccc(C)cc3)cc2)cc1. The first-order valence-electron chi connectivity index (χ1n) is 24.0. The fourth-order valence-electron chi connectivity index (χ4n) is 7.35. The molecule has 0 bridgehead atoms. The fourth-order valence-corrected chi connectivity index (χ4v) is 10.5. The highest BCUT2D eigenvalue weighted by Gasteiger charge is 2.26. The number of rotatable bonds is 37. The van der Waals surface area contributed by atoms with E-state index >= 15 is 0 Å². The highest BCUT2D eigenvalue weighted by atomic mass is 32.2. The van der Waals surface area contributed by atoms with Crippen molar-refractivity contribution in [2.45, 2.75) is 160 Å². The third-order valence-electron chi connectivity index (χ3n) is 11.4. The maximum atomic E-state index is 14.1. The summed E-state index contributed by atoms with van der Waals surface area (Å²) < 4.78 is 77.7. The highest BCUT2D eigenvalue weighted by Crippen LogP contribution is 2.50. The Bertz CT molecular complexity index is 1980. The Morgan fingerprint density at radius 2 is 0.815 bits per heavy atom. The van der Waals surface area contributed by atoms with Crippen molar-refractivity contribution in [2.24, 2.45) is 0 Å². The molecule has 4 rings (SSSR count). The van der Waals surface area contributed by atoms with Crippen molar-refractivity contribution in [1.82, 2.24) is 0 Å². The lowest BCUT2D eigenvalue weighted by Gasteiger charge is -2.20. The smallest absolute Gasteiger partial charge is 0.379 e. The van der Waals surface area contributed by atoms with Crippen LogP contribution in [0.5, 0.6) is 17.2 Å². The second kappa shape index (κ2) is 31.7. The lowest BCUT2D eigenvalue weighted by molar-refractivity contribution is 0.249. The van der Waals surface area contributed by atoms with Crippen LogP contribution in [0.4, 0.5) is 0 Å². The Morgan fingerprint density at radius 3 is 1.25 bits per heavy atom. The van der Waals surface area contributed by atoms with E-state index in [2.05, 4.69) is 0 Å². The van der Waals surface area contributed by atoms with Crippen molar-refractivity contribution in [1.29, 1.82) is 0 Å². The van der Waals surface area contributed by atoms with Crippen molar-refractivity contribution >= 4 is 26.3 Å². The van der Waals surface area contributed by atoms with Gasteiger partial charge in [-0.05, 0) is 110 Å². The summed E-state index contributed by atoms with van der Waals surface area (Å²) in [6.45, 7) is 5.73. The number of benzene rings is 4. The van der Waals surface area contributed by atoms with E-state index in [0.29, 0.717) is 37.3 Å². The summed E-state index contributed by atoms with van der Waals surface area (Å²) in [6.07, 6.45) is 22.2. The van der Waals surface area contributed by atoms with Gasteiger partial charge in [-0.25, -0.2) is 4.57 Å². The van der Waals surface area contributed by atoms with Gasteiger partial charge in [0.05, 0.1) is 32.6 Å². The van der Waals surface area contributed by atoms with Crippen molar-refractivity contribution in [3.63, 3.8) is 0 Å². The molecular weight excluding hydrogens is 879 g/mol. The van der Waals surface area contributed by atoms with Crippen LogP contribution in [0.15, 0.2) is 102 Å². The summed E-state index contributed by atoms with van der Waals surface area (Å²) in [5, 5.41) is 0. The van der Waals surface area contributed by atoms with Crippen LogP contribution in [0, 0.1) is 13.8 Å². The number of hydrogen-bond donors (Lipinski definition) is 1. The quantitative estimate of drug-likeness (QED) is 0.0264. The molecule has 0 aliphatic carbocycles. The van der Waals surface area contributed by atoms with E-state index < -0.39 is 26.3 Å². The second-order valence-electron chi connectivity index (χ2n) is 17.3. The van der Waals surface area contributed by atoms with E-state index in [9.17, 15) is 22.8 Å². The topological polar surface area (TPSA) is 141 Å². The zero-order chi connectivity index (χ0) is 46.4. The number of unbranched alkanes of at least 4 members (excludes halogenated alkanes) is 18. The van der Waals surface area contributed by atoms with Crippen molar-refractivity contribution in [2.75, 3.05) is 25.5 Å². The molecule has 0 heterocycles. The Balaban J connectivity index is 1.01. The van der Waals surface area contributed by atoms with Gasteiger partial charge in [-0.1, -0.05) is 162 Å². The first-order chi connectivity index (χ1) is 31.5. The molecule has 0 saturated carbocycles. The Morgan fingerprint density at radius 1 is 0.462 bits per heavy atom. The van der Waals surface area contributed by atoms with E-state index in [4.69, 9.17) is 23.0 Å². The van der Waals surface area contributed by atoms with E-state index in [1.807, 2.05) is 86.6 Å². The van der Waals surface area contributed by atoms with Gasteiger partial charge in [0.1, 0.15) is 17.2 Å². The predicted octanol–water partition coefficient (Wildman–Crippen LogP) is 15.0. The fraction of sp³-hybridized carbons (Fsp3) is 0.538. The minimum atomic E-state index is -3.55. The van der Waals surface area contributed by atoms with Crippen LogP contribution in [-0.2, 0) is 42.5 Å². The molecule has 13 heteroatoms. The molecule has 360 valence electrons. The minimum Gasteiger partial charge on any atom is -0.768 e. The van der Waals surface area contributed by atoms with Crippen molar-refractivity contribution < 1.29 is 45.8 Å². The lowest BCUT2D eigenvalue weighted by Crippen LogP contribution is -2.04. The number of hydrogen-bond acceptors (Lipinski definition) is 9. The highest BCUT2D eigenvalue weighted by molar-refractivity contribution is 7.79. The third-order valence-corrected chi connectivity index (χ3v) is 15.3. The zero-order valence-corrected chi connectivity index (χ0v) is 41.7. The summed E-state index contributed by atoms with van der Waals surface area (Å²) in [5.41, 5.74) is 4.19. The van der Waals surface area contributed by atoms with Gasteiger partial charge in [-0.3, -0.25) is 13.3 Å². The van der Waals surface area contributed by atoms with Crippen molar-refractivity contribution in [3.05, 3.63) is 119 Å². The van der Waals surface area contributed by atoms with Crippen LogP contribution in [0.25, 0.3) is 0 Å². The number of aryl methyl sites for hydroxylation is 2. The summed E-state index contributed by atoms with van der Waals surface area (Å²) in [4.78, 5) is 10.4. The van der Waals surface area contributed by atoms with Crippen molar-refractivity contribution in [3.8, 4) is 17.2 Å². The molecule has 3 atom stereocenters. The summed E-state index contributed by atoms with van der Waals surface area (Å²) in [5.74, 6) is 1.97. The van der Waals surface area contributed by atoms with Gasteiger partial charge in [0.25, 0.3) is 0 Å². The monoisotopic (exact) mass is 953 g/mol. The molecule has 0 spiro atoms. The van der Waals surface area contributed by atoms with Crippen LogP contribution < -0.4 is 14.0 Å². The van der Waals surface area contributed by atoms with Crippen LogP contribution in [-0.4, -0.2) is 39.2 Å². The normalized spacial score (nSPS) is 13.8. The standard InChI is InChI=1S/C52H76O10P2S/c1-45-23-27-47(28-24-45)43-60-63(53,54)41-21-17-13-9-5-3-7-11-15-19-39-58-49-31-33-51(34-32-49)62-64(55,61-44-48-29-25-46(2)26-30-48)42-22-18-14-10-6-4-8-12-16-20-40-59-50-35-37-52(38-36-50)65(56)57/h23-38H,3-22,39-44H2,1-2H3,(H,53,54)(H,56,57)/p-1. The van der Waals surface area contributed by atoms with E-state index in [-0.39, 0.29) is 24.3 Å². The summed E-state index contributed by atoms with van der Waals surface area (Å²) in [7, 11) is -6.96. The average Bonchev–Trinajstić information content (AvgIpc) is 3.30. The molecule has 10 nitrogen and oxygen atoms in total. The molecule has 1 N–H and O–H groups in total. The van der Waals surface area contributed by atoms with Crippen LogP contribution in [0.1, 0.15) is 151 Å². The molecule has 0 amide bonds. The van der Waals surface area contributed by atoms with Gasteiger partial charge in [0, 0.05) is 11.1 Å². The molecule has 0 radical (unpaired) electrons. The largest absolute Gasteiger partial charge is 0.768 e. The van der Waals surface area contributed by atoms with E-state index in [0.717, 1.165) is 98.6 Å². The molecule has 4 aromatic rings. The average molecular weight is 954 g/mol. The third kappa shape index (κ3) is 24.9. The second-order valence-corrected chi connectivity index (χ2v) is 22.3. The predicted molar refractivity (Wildman–Crippen MR) is 263 cm³/mol. The van der Waals surface area contributed by atoms with Gasteiger partial charge in [0.2, 0.25) is 0 Å². The van der Waals surface area contributed by atoms with Gasteiger partial charge < -0.3 is 28.0 Å². The molecule has 4 aromatic carbocycles. The van der Waals surface area contributed by atoms with Gasteiger partial charge in [0.15, 0.2) is 0 Å². The molecule has 65 heavy (non-hydrogen) atoms. The molecule has 0 aromatic heterocycles. The van der Waals surface area contributed by atoms with Gasteiger partial charge in [-0.2, -0.15) is 0 Å². The summed E-state index contributed by atoms with van der Waals surface area (Å²) >= 11 is -2.22. The van der Waals surface area contributed by atoms with Gasteiger partial charge in [-0.15, -0.1) is 0 Å². The Labute approximate surface area is 392 Å². The lowest BCUT2D eigenvalue weighted by atomic mass is 10.1. The number of ether oxygens (including phenoxy) is 2. The van der Waals surface area contributed by atoms with Crippen LogP contribution >= 0.6 is 15.2 Å². The van der Waals surface area contributed by atoms with Crippen LogP contribution in [0.3, 0.4) is 0 Å². The minimum absolute atomic E-state index is 0.171. The molecule has 0 aliphatic rings. The van der Waals surface area contributed by atoms with Crippen LogP contribution in [0.2, 0.25) is 0 Å². The summed E-state index contributed by atoms with van der Waals surface area (Å²) in [6, 6.07) is 29.7. The Hall–Kier alpha value is -3.27. The molecule has 0 fully saturated rings. The Kier molecular flexibility index (Phi) is 26.5.